The van der Waals surface area contributed by atoms with E-state index in [1.807, 2.05) is 0 Å². The molecule has 8 heteroatoms. The Bertz CT molecular complexity index is 613. The number of hydrogen-bond donors (Lipinski definition) is 4. The molecule has 0 fully saturated rings. The maximum absolute atomic E-state index is 11.0. The van der Waals surface area contributed by atoms with Crippen molar-refractivity contribution in [2.24, 2.45) is 5.73 Å². The third kappa shape index (κ3) is 2.96. The first-order chi connectivity index (χ1) is 9.06. The number of benzene rings is 1. The molecular weight excluding hydrogens is 288 g/mol. The quantitative estimate of drug-likeness (QED) is 0.637. The number of carbonyl (C=O) groups is 1. The summed E-state index contributed by atoms with van der Waals surface area (Å²) >= 11 is 0. The molecule has 0 bridgehead atoms. The van der Waals surface area contributed by atoms with Crippen LogP contribution in [-0.4, -0.2) is 35.0 Å². The fourth-order valence-electron chi connectivity index (χ4n) is 1.81. The minimum atomic E-state index is -0.882. The van der Waals surface area contributed by atoms with E-state index in [9.17, 15) is 15.0 Å². The molecule has 1 aromatic carbocycles. The summed E-state index contributed by atoms with van der Waals surface area (Å²) in [7, 11) is 1.19. The third-order valence-electron chi connectivity index (χ3n) is 2.72. The molecule has 1 aromatic heterocycles. The second-order valence-corrected chi connectivity index (χ2v) is 3.90. The smallest absolute Gasteiger partial charge is 0.506 e. The van der Waals surface area contributed by atoms with Crippen LogP contribution in [0.15, 0.2) is 18.2 Å². The minimum Gasteiger partial charge on any atom is -0.506 e. The first-order valence-corrected chi connectivity index (χ1v) is 5.55. The number of phenols is 1. The summed E-state index contributed by atoms with van der Waals surface area (Å²) in [5.41, 5.74) is 6.30. The molecule has 110 valence electrons. The molecular formula is C12H15ClN2O5. The van der Waals surface area contributed by atoms with Crippen molar-refractivity contribution in [3.63, 3.8) is 0 Å². The van der Waals surface area contributed by atoms with E-state index in [-0.39, 0.29) is 30.6 Å². The number of hydrogen-bond acceptors (Lipinski definition) is 6. The summed E-state index contributed by atoms with van der Waals surface area (Å²) in [6, 6.07) is 4.47. The minimum absolute atomic E-state index is 0. The van der Waals surface area contributed by atoms with Gasteiger partial charge in [-0.05, 0) is 11.6 Å². The van der Waals surface area contributed by atoms with Crippen molar-refractivity contribution in [2.75, 3.05) is 13.7 Å². The predicted molar refractivity (Wildman–Crippen MR) is 74.3 cm³/mol. The van der Waals surface area contributed by atoms with Gasteiger partial charge in [0.1, 0.15) is 5.75 Å². The van der Waals surface area contributed by atoms with Crippen molar-refractivity contribution < 1.29 is 24.5 Å². The predicted octanol–water partition coefficient (Wildman–Crippen LogP) is 1.43. The summed E-state index contributed by atoms with van der Waals surface area (Å²) in [6.45, 7) is 0.0399. The van der Waals surface area contributed by atoms with E-state index in [0.717, 1.165) is 0 Å². The lowest BCUT2D eigenvalue weighted by Gasteiger charge is -2.09. The molecule has 0 aliphatic rings. The van der Waals surface area contributed by atoms with Crippen LogP contribution in [0.2, 0.25) is 0 Å². The number of aromatic amines is 1. The highest BCUT2D eigenvalue weighted by Gasteiger charge is 2.16. The molecule has 0 saturated heterocycles. The fourth-order valence-corrected chi connectivity index (χ4v) is 1.81. The average Bonchev–Trinajstić information content (AvgIpc) is 2.82. The lowest BCUT2D eigenvalue weighted by Crippen LogP contribution is -2.11. The van der Waals surface area contributed by atoms with Gasteiger partial charge in [0, 0.05) is 18.0 Å². The first kappa shape index (κ1) is 16.1. The van der Waals surface area contributed by atoms with Gasteiger partial charge in [-0.25, -0.2) is 4.79 Å². The zero-order valence-corrected chi connectivity index (χ0v) is 11.4. The molecule has 0 radical (unpaired) electrons. The van der Waals surface area contributed by atoms with Gasteiger partial charge in [0.2, 0.25) is 5.88 Å². The number of nitrogens with two attached hydrogens (primary N) is 1. The van der Waals surface area contributed by atoms with Crippen molar-refractivity contribution in [3.8, 4) is 11.6 Å². The highest BCUT2D eigenvalue weighted by Crippen LogP contribution is 2.33. The maximum atomic E-state index is 11.0. The SMILES string of the molecule is COC(=O)Oc1cc2c(C(O)CN)ccc(O)c2[nH]1.Cl. The van der Waals surface area contributed by atoms with Crippen molar-refractivity contribution >= 4 is 29.5 Å². The Morgan fingerprint density at radius 2 is 2.20 bits per heavy atom. The average molecular weight is 303 g/mol. The third-order valence-corrected chi connectivity index (χ3v) is 2.72. The van der Waals surface area contributed by atoms with Crippen LogP contribution in [0.1, 0.15) is 11.7 Å². The number of methoxy groups -OCH3 is 1. The van der Waals surface area contributed by atoms with E-state index in [0.29, 0.717) is 16.5 Å². The number of aromatic nitrogens is 1. The number of H-pyrrole nitrogens is 1. The molecule has 5 N–H and O–H groups in total. The van der Waals surface area contributed by atoms with Gasteiger partial charge in [-0.15, -0.1) is 12.4 Å². The second kappa shape index (κ2) is 6.47. The fraction of sp³-hybridized carbons (Fsp3) is 0.250. The van der Waals surface area contributed by atoms with E-state index in [1.54, 1.807) is 6.07 Å². The second-order valence-electron chi connectivity index (χ2n) is 3.90. The van der Waals surface area contributed by atoms with Crippen LogP contribution in [0.5, 0.6) is 11.6 Å². The molecule has 0 aliphatic heterocycles. The number of aliphatic hydroxyl groups is 1. The summed E-state index contributed by atoms with van der Waals surface area (Å²) in [6.07, 6.45) is -1.75. The molecule has 0 spiro atoms. The molecule has 2 aromatic rings. The Kier molecular flexibility index (Phi) is 5.20. The summed E-state index contributed by atoms with van der Waals surface area (Å²) < 4.78 is 9.20. The zero-order chi connectivity index (χ0) is 14.0. The standard InChI is InChI=1S/C12H14N2O5.ClH/c1-18-12(17)19-10-4-7-6(9(16)5-13)2-3-8(15)11(7)14-10;/h2-4,9,14-16H,5,13H2,1H3;1H. The molecule has 1 atom stereocenters. The number of phenolic OH excluding ortho intramolecular Hbond substituents is 1. The monoisotopic (exact) mass is 302 g/mol. The lowest BCUT2D eigenvalue weighted by molar-refractivity contribution is 0.120. The molecule has 1 unspecified atom stereocenters. The Labute approximate surface area is 120 Å². The van der Waals surface area contributed by atoms with Gasteiger partial charge in [0.25, 0.3) is 0 Å². The number of aliphatic hydroxyl groups excluding tert-OH is 1. The first-order valence-electron chi connectivity index (χ1n) is 5.55. The molecule has 1 heterocycles. The molecule has 0 amide bonds. The number of ether oxygens (including phenoxy) is 2. The lowest BCUT2D eigenvalue weighted by atomic mass is 10.0. The van der Waals surface area contributed by atoms with Crippen LogP contribution in [-0.2, 0) is 4.74 Å². The number of rotatable bonds is 3. The Hall–Kier alpha value is -1.96. The summed E-state index contributed by atoms with van der Waals surface area (Å²) in [4.78, 5) is 13.7. The van der Waals surface area contributed by atoms with Gasteiger partial charge < -0.3 is 30.4 Å². The van der Waals surface area contributed by atoms with Gasteiger partial charge in [-0.1, -0.05) is 6.07 Å². The number of fused-ring (bicyclic) bond motifs is 1. The van der Waals surface area contributed by atoms with Crippen molar-refractivity contribution in [1.82, 2.24) is 4.98 Å². The topological polar surface area (TPSA) is 118 Å². The Morgan fingerprint density at radius 3 is 2.80 bits per heavy atom. The molecule has 7 nitrogen and oxygen atoms in total. The van der Waals surface area contributed by atoms with Crippen LogP contribution in [0.3, 0.4) is 0 Å². The number of aromatic hydroxyl groups is 1. The van der Waals surface area contributed by atoms with Crippen LogP contribution < -0.4 is 10.5 Å². The van der Waals surface area contributed by atoms with Gasteiger partial charge in [0.05, 0.1) is 18.7 Å². The van der Waals surface area contributed by atoms with Gasteiger partial charge in [0.15, 0.2) is 0 Å². The van der Waals surface area contributed by atoms with E-state index in [4.69, 9.17) is 10.5 Å². The van der Waals surface area contributed by atoms with Gasteiger partial charge >= 0.3 is 6.16 Å². The summed E-state index contributed by atoms with van der Waals surface area (Å²) in [5, 5.41) is 20.1. The van der Waals surface area contributed by atoms with Crippen molar-refractivity contribution in [1.29, 1.82) is 0 Å². The van der Waals surface area contributed by atoms with Gasteiger partial charge in [-0.3, -0.25) is 0 Å². The van der Waals surface area contributed by atoms with E-state index < -0.39 is 12.3 Å². The van der Waals surface area contributed by atoms with Gasteiger partial charge in [-0.2, -0.15) is 0 Å². The molecule has 20 heavy (non-hydrogen) atoms. The molecule has 2 rings (SSSR count). The van der Waals surface area contributed by atoms with Crippen LogP contribution in [0.25, 0.3) is 10.9 Å². The van der Waals surface area contributed by atoms with Crippen LogP contribution in [0.4, 0.5) is 4.79 Å². The normalized spacial score (nSPS) is 11.8. The number of carbonyl (C=O) groups excluding carboxylic acids is 1. The van der Waals surface area contributed by atoms with Crippen molar-refractivity contribution in [2.45, 2.75) is 6.10 Å². The van der Waals surface area contributed by atoms with Crippen molar-refractivity contribution in [3.05, 3.63) is 23.8 Å². The zero-order valence-electron chi connectivity index (χ0n) is 10.6. The Balaban J connectivity index is 0.00000200. The summed E-state index contributed by atoms with van der Waals surface area (Å²) in [5.74, 6) is 0.0801. The van der Waals surface area contributed by atoms with E-state index >= 15 is 0 Å². The molecule has 0 saturated carbocycles. The van der Waals surface area contributed by atoms with E-state index in [1.165, 1.54) is 19.2 Å². The number of halogens is 1. The van der Waals surface area contributed by atoms with Crippen LogP contribution in [0, 0.1) is 0 Å². The molecule has 0 aliphatic carbocycles. The van der Waals surface area contributed by atoms with Crippen LogP contribution >= 0.6 is 12.4 Å². The Morgan fingerprint density at radius 1 is 1.50 bits per heavy atom. The maximum Gasteiger partial charge on any atom is 0.514 e. The van der Waals surface area contributed by atoms with E-state index in [2.05, 4.69) is 9.72 Å². The highest BCUT2D eigenvalue weighted by atomic mass is 35.5. The largest absolute Gasteiger partial charge is 0.514 e. The number of nitrogens with one attached hydrogen (secondary N) is 1. The highest BCUT2D eigenvalue weighted by molar-refractivity contribution is 5.90.